The van der Waals surface area contributed by atoms with E-state index in [1.165, 1.54) is 10.7 Å². The Morgan fingerprint density at radius 3 is 2.34 bits per heavy atom. The van der Waals surface area contributed by atoms with Crippen LogP contribution in [0.5, 0.6) is 0 Å². The van der Waals surface area contributed by atoms with Gasteiger partial charge in [-0.15, -0.1) is 4.83 Å². The number of rotatable bonds is 5. The van der Waals surface area contributed by atoms with E-state index in [-0.39, 0.29) is 22.2 Å². The average molecular weight is 414 g/mol. The van der Waals surface area contributed by atoms with Crippen molar-refractivity contribution in [2.24, 2.45) is 0 Å². The number of sulfonamides is 1. The SMILES string of the molecule is Cc1ccc(S(=O)(=O)NNC(=O)c2nn(C(C)C)c(=O)c3ccccc23)c(C)c1. The highest BCUT2D eigenvalue weighted by atomic mass is 32.2. The molecule has 1 aromatic heterocycles. The Labute approximate surface area is 168 Å². The second-order valence-corrected chi connectivity index (χ2v) is 8.72. The van der Waals surface area contributed by atoms with E-state index in [2.05, 4.69) is 15.4 Å². The summed E-state index contributed by atoms with van der Waals surface area (Å²) in [5.41, 5.74) is 3.33. The lowest BCUT2D eigenvalue weighted by molar-refractivity contribution is 0.0939. The first kappa shape index (κ1) is 20.7. The maximum absolute atomic E-state index is 12.7. The molecule has 0 saturated carbocycles. The molecule has 0 aliphatic carbocycles. The third kappa shape index (κ3) is 4.06. The van der Waals surface area contributed by atoms with Crippen LogP contribution in [0.2, 0.25) is 0 Å². The number of hydrogen-bond donors (Lipinski definition) is 2. The van der Waals surface area contributed by atoms with Crippen LogP contribution < -0.4 is 15.8 Å². The number of nitrogens with one attached hydrogen (secondary N) is 2. The van der Waals surface area contributed by atoms with E-state index in [0.29, 0.717) is 16.3 Å². The summed E-state index contributed by atoms with van der Waals surface area (Å²) in [5, 5.41) is 4.84. The monoisotopic (exact) mass is 414 g/mol. The first-order chi connectivity index (χ1) is 13.6. The molecule has 1 heterocycles. The van der Waals surface area contributed by atoms with Gasteiger partial charge >= 0.3 is 0 Å². The molecule has 3 rings (SSSR count). The molecule has 8 nitrogen and oxygen atoms in total. The molecule has 0 aliphatic heterocycles. The number of aryl methyl sites for hydroxylation is 2. The number of aromatic nitrogens is 2. The number of amides is 1. The molecule has 0 fully saturated rings. The van der Waals surface area contributed by atoms with Crippen molar-refractivity contribution in [1.82, 2.24) is 20.0 Å². The molecule has 9 heteroatoms. The Hall–Kier alpha value is -3.04. The van der Waals surface area contributed by atoms with Crippen molar-refractivity contribution in [1.29, 1.82) is 0 Å². The van der Waals surface area contributed by atoms with Crippen LogP contribution in [-0.4, -0.2) is 24.1 Å². The lowest BCUT2D eigenvalue weighted by atomic mass is 10.1. The molecular weight excluding hydrogens is 392 g/mol. The Morgan fingerprint density at radius 2 is 1.72 bits per heavy atom. The minimum Gasteiger partial charge on any atom is -0.272 e. The van der Waals surface area contributed by atoms with Gasteiger partial charge in [-0.3, -0.25) is 15.0 Å². The van der Waals surface area contributed by atoms with Crippen LogP contribution in [0, 0.1) is 13.8 Å². The lowest BCUT2D eigenvalue weighted by Gasteiger charge is -2.14. The first-order valence-corrected chi connectivity index (χ1v) is 10.5. The fourth-order valence-electron chi connectivity index (χ4n) is 3.05. The summed E-state index contributed by atoms with van der Waals surface area (Å²) in [7, 11) is -3.98. The highest BCUT2D eigenvalue weighted by Gasteiger charge is 2.21. The number of benzene rings is 2. The molecule has 2 aromatic carbocycles. The van der Waals surface area contributed by atoms with Crippen molar-refractivity contribution in [2.45, 2.75) is 38.6 Å². The molecule has 0 atom stereocenters. The number of hydrogen-bond acceptors (Lipinski definition) is 5. The Kier molecular flexibility index (Phi) is 5.54. The summed E-state index contributed by atoms with van der Waals surface area (Å²) in [6.07, 6.45) is 0. The van der Waals surface area contributed by atoms with Crippen LogP contribution in [-0.2, 0) is 10.0 Å². The van der Waals surface area contributed by atoms with Crippen molar-refractivity contribution in [3.05, 3.63) is 69.6 Å². The summed E-state index contributed by atoms with van der Waals surface area (Å²) in [4.78, 5) is 27.5. The van der Waals surface area contributed by atoms with Gasteiger partial charge in [0, 0.05) is 5.39 Å². The van der Waals surface area contributed by atoms with E-state index in [0.717, 1.165) is 5.56 Å². The number of fused-ring (bicyclic) bond motifs is 1. The predicted octanol–water partition coefficient (Wildman–Crippen LogP) is 2.22. The number of hydrazine groups is 1. The van der Waals surface area contributed by atoms with Crippen molar-refractivity contribution in [2.75, 3.05) is 0 Å². The molecule has 0 spiro atoms. The molecule has 2 N–H and O–H groups in total. The maximum Gasteiger partial charge on any atom is 0.287 e. The van der Waals surface area contributed by atoms with Crippen LogP contribution in [0.25, 0.3) is 10.8 Å². The Bertz CT molecular complexity index is 1260. The van der Waals surface area contributed by atoms with Crippen LogP contribution >= 0.6 is 0 Å². The summed E-state index contributed by atoms with van der Waals surface area (Å²) in [6.45, 7) is 7.08. The smallest absolute Gasteiger partial charge is 0.272 e. The van der Waals surface area contributed by atoms with E-state index in [1.54, 1.807) is 57.2 Å². The fraction of sp³-hybridized carbons (Fsp3) is 0.250. The number of carbonyl (C=O) groups is 1. The quantitative estimate of drug-likeness (QED) is 0.622. The highest BCUT2D eigenvalue weighted by Crippen LogP contribution is 2.17. The van der Waals surface area contributed by atoms with Gasteiger partial charge in [0.1, 0.15) is 0 Å². The molecule has 0 bridgehead atoms. The van der Waals surface area contributed by atoms with E-state index < -0.39 is 15.9 Å². The third-order valence-electron chi connectivity index (χ3n) is 4.45. The molecule has 0 aliphatic rings. The first-order valence-electron chi connectivity index (χ1n) is 9.03. The molecule has 152 valence electrons. The zero-order valence-corrected chi connectivity index (χ0v) is 17.4. The van der Waals surface area contributed by atoms with Gasteiger partial charge in [0.2, 0.25) is 0 Å². The number of nitrogens with zero attached hydrogens (tertiary/aromatic N) is 2. The molecule has 0 saturated heterocycles. The summed E-state index contributed by atoms with van der Waals surface area (Å²) < 4.78 is 26.4. The minimum absolute atomic E-state index is 0.0442. The standard InChI is InChI=1S/C20H22N4O4S/c1-12(2)24-20(26)16-8-6-5-7-15(16)18(22-24)19(25)21-23-29(27,28)17-10-9-13(3)11-14(17)4/h5-12,23H,1-4H3,(H,21,25). The second-order valence-electron chi connectivity index (χ2n) is 7.07. The van der Waals surface area contributed by atoms with Crippen molar-refractivity contribution >= 4 is 26.7 Å². The molecule has 29 heavy (non-hydrogen) atoms. The van der Waals surface area contributed by atoms with E-state index >= 15 is 0 Å². The van der Waals surface area contributed by atoms with Crippen molar-refractivity contribution in [3.8, 4) is 0 Å². The molecular formula is C20H22N4O4S. The maximum atomic E-state index is 12.7. The van der Waals surface area contributed by atoms with Gasteiger partial charge in [0.25, 0.3) is 21.5 Å². The van der Waals surface area contributed by atoms with Crippen molar-refractivity contribution < 1.29 is 13.2 Å². The Balaban J connectivity index is 1.96. The van der Waals surface area contributed by atoms with Crippen molar-refractivity contribution in [3.63, 3.8) is 0 Å². The number of carbonyl (C=O) groups excluding carboxylic acids is 1. The van der Waals surface area contributed by atoms with E-state index in [4.69, 9.17) is 0 Å². The molecule has 3 aromatic rings. The summed E-state index contributed by atoms with van der Waals surface area (Å²) >= 11 is 0. The van der Waals surface area contributed by atoms with Crippen LogP contribution in [0.1, 0.15) is 41.5 Å². The van der Waals surface area contributed by atoms with Crippen LogP contribution in [0.4, 0.5) is 0 Å². The fourth-order valence-corrected chi connectivity index (χ4v) is 4.12. The van der Waals surface area contributed by atoms with Gasteiger partial charge in [0.15, 0.2) is 5.69 Å². The summed E-state index contributed by atoms with van der Waals surface area (Å²) in [6, 6.07) is 11.2. The van der Waals surface area contributed by atoms with Crippen LogP contribution in [0.3, 0.4) is 0 Å². The van der Waals surface area contributed by atoms with Gasteiger partial charge in [-0.05, 0) is 45.4 Å². The average Bonchev–Trinajstić information content (AvgIpc) is 2.66. The van der Waals surface area contributed by atoms with Gasteiger partial charge in [-0.2, -0.15) is 5.10 Å². The topological polar surface area (TPSA) is 110 Å². The van der Waals surface area contributed by atoms with Gasteiger partial charge < -0.3 is 0 Å². The zero-order valence-electron chi connectivity index (χ0n) is 16.6. The van der Waals surface area contributed by atoms with Crippen LogP contribution in [0.15, 0.2) is 52.2 Å². The zero-order chi connectivity index (χ0) is 21.3. The summed E-state index contributed by atoms with van der Waals surface area (Å²) in [5.74, 6) is -0.760. The minimum atomic E-state index is -3.98. The third-order valence-corrected chi connectivity index (χ3v) is 5.86. The highest BCUT2D eigenvalue weighted by molar-refractivity contribution is 7.89. The normalized spacial score (nSPS) is 11.8. The predicted molar refractivity (Wildman–Crippen MR) is 110 cm³/mol. The van der Waals surface area contributed by atoms with E-state index in [1.807, 2.05) is 6.92 Å². The van der Waals surface area contributed by atoms with Gasteiger partial charge in [-0.25, -0.2) is 13.1 Å². The van der Waals surface area contributed by atoms with Gasteiger partial charge in [0.05, 0.1) is 16.3 Å². The molecule has 0 radical (unpaired) electrons. The van der Waals surface area contributed by atoms with Gasteiger partial charge in [-0.1, -0.05) is 35.9 Å². The lowest BCUT2D eigenvalue weighted by Crippen LogP contribution is -2.43. The second kappa shape index (κ2) is 7.76. The van der Waals surface area contributed by atoms with E-state index in [9.17, 15) is 18.0 Å². The largest absolute Gasteiger partial charge is 0.287 e. The molecule has 1 amide bonds. The Morgan fingerprint density at radius 1 is 1.07 bits per heavy atom. The molecule has 0 unspecified atom stereocenters.